The lowest BCUT2D eigenvalue weighted by atomic mass is 10.1. The Kier molecular flexibility index (Phi) is 13.2. The van der Waals surface area contributed by atoms with E-state index in [0.29, 0.717) is 32.3 Å². The Hall–Kier alpha value is -7.68. The monoisotopic (exact) mass is 1150 g/mol. The molecule has 0 spiro atoms. The Morgan fingerprint density at radius 2 is 0.575 bits per heavy atom. The second-order valence-corrected chi connectivity index (χ2v) is 26.6. The molecule has 0 aliphatic rings. The SMILES string of the molecule is CCc1ccc2sc3cc4c(=O)c5cc(CC)ccc5sc4cc3c(=O)c2c1.CCc1cccc2c(=O)c3cc4sc5ccccc5c(=O)c4cc3sc12.Cc1ccc2sc3cc4c(=O)c5cc(C)ccc5sc4cc3c(=O)c2c1. The molecule has 0 bridgehead atoms. The van der Waals surface area contributed by atoms with Crippen LogP contribution in [-0.4, -0.2) is 0 Å². The summed E-state index contributed by atoms with van der Waals surface area (Å²) in [4.78, 5) is 78.4. The molecule has 9 aromatic carbocycles. The standard InChI is InChI=1S/C24H18O2S2.2C22H14O2S2/c1-3-13-5-7-19-15(9-13)23(25)17-11-22-18(12-21(17)27-19)24(26)16-10-14(4-2)6-8-20(16)28-22;1-11-3-5-17-13(7-11)21(23)15-9-20-16(10-19(15)25-17)22(24)14-8-12(2)4-6-18(14)26-20;1-2-12-6-5-8-14-21(24)16-10-18-15(11-19(16)26-22(12)14)20(23)13-7-3-4-9-17(13)25-18/h5-12H,3-4H2,1-2H3;3-10H,1-2H3;3-11H,2H2,1H3. The molecule has 0 unspecified atom stereocenters. The van der Waals surface area contributed by atoms with Gasteiger partial charge < -0.3 is 0 Å². The zero-order valence-corrected chi connectivity index (χ0v) is 48.9. The highest BCUT2D eigenvalue weighted by Gasteiger charge is 2.16. The van der Waals surface area contributed by atoms with Crippen LogP contribution < -0.4 is 32.6 Å². The van der Waals surface area contributed by atoms with Crippen LogP contribution in [-0.2, 0) is 19.3 Å². The van der Waals surface area contributed by atoms with Crippen molar-refractivity contribution in [1.29, 1.82) is 0 Å². The van der Waals surface area contributed by atoms with Crippen LogP contribution in [0.25, 0.3) is 121 Å². The summed E-state index contributed by atoms with van der Waals surface area (Å²) in [7, 11) is 0. The van der Waals surface area contributed by atoms with E-state index in [9.17, 15) is 28.8 Å². The van der Waals surface area contributed by atoms with Gasteiger partial charge in [-0.3, -0.25) is 28.8 Å². The molecule has 0 saturated heterocycles. The average Bonchev–Trinajstić information content (AvgIpc) is 3.50. The molecule has 6 heterocycles. The zero-order chi connectivity index (χ0) is 55.2. The van der Waals surface area contributed by atoms with Gasteiger partial charge in [-0.15, -0.1) is 68.0 Å². The van der Waals surface area contributed by atoms with Gasteiger partial charge in [0, 0.05) is 121 Å². The maximum absolute atomic E-state index is 13.2. The molecule has 15 aromatic rings. The molecule has 80 heavy (non-hydrogen) atoms. The van der Waals surface area contributed by atoms with Crippen molar-refractivity contribution in [2.75, 3.05) is 0 Å². The largest absolute Gasteiger partial charge is 0.289 e. The normalized spacial score (nSPS) is 11.8. The first kappa shape index (κ1) is 51.7. The first-order valence-electron chi connectivity index (χ1n) is 26.3. The van der Waals surface area contributed by atoms with E-state index in [0.717, 1.165) is 119 Å². The van der Waals surface area contributed by atoms with E-state index in [1.165, 1.54) is 16.7 Å². The maximum Gasteiger partial charge on any atom is 0.195 e. The number of hydrogen-bond donors (Lipinski definition) is 0. The molecule has 12 heteroatoms. The van der Waals surface area contributed by atoms with E-state index in [4.69, 9.17) is 0 Å². The summed E-state index contributed by atoms with van der Waals surface area (Å²) in [6.07, 6.45) is 2.69. The minimum atomic E-state index is 0.0415. The Bertz CT molecular complexity index is 5340. The van der Waals surface area contributed by atoms with Gasteiger partial charge in [0.1, 0.15) is 0 Å². The van der Waals surface area contributed by atoms with Crippen LogP contribution in [0.15, 0.2) is 180 Å². The van der Waals surface area contributed by atoms with Gasteiger partial charge in [-0.05, 0) is 153 Å². The van der Waals surface area contributed by atoms with Crippen LogP contribution in [0.2, 0.25) is 0 Å². The van der Waals surface area contributed by atoms with E-state index in [-0.39, 0.29) is 32.6 Å². The van der Waals surface area contributed by atoms with Gasteiger partial charge >= 0.3 is 0 Å². The molecule has 0 amide bonds. The molecule has 0 atom stereocenters. The second-order valence-electron chi connectivity index (χ2n) is 20.1. The van der Waals surface area contributed by atoms with Gasteiger partial charge in [-0.25, -0.2) is 0 Å². The molecule has 0 aliphatic heterocycles. The lowest BCUT2D eigenvalue weighted by molar-refractivity contribution is 1.15. The van der Waals surface area contributed by atoms with Crippen molar-refractivity contribution in [3.8, 4) is 0 Å². The summed E-state index contributed by atoms with van der Waals surface area (Å²) in [6.45, 7) is 10.3. The van der Waals surface area contributed by atoms with Crippen LogP contribution in [0, 0.1) is 13.8 Å². The summed E-state index contributed by atoms with van der Waals surface area (Å²) in [5.41, 5.74) is 5.96. The lowest BCUT2D eigenvalue weighted by Gasteiger charge is -2.07. The fraction of sp³-hybridized carbons (Fsp3) is 0.118. The molecule has 6 nitrogen and oxygen atoms in total. The first-order valence-corrected chi connectivity index (χ1v) is 31.2. The number of benzene rings is 9. The highest BCUT2D eigenvalue weighted by Crippen LogP contribution is 2.36. The van der Waals surface area contributed by atoms with Crippen molar-refractivity contribution in [2.45, 2.75) is 53.9 Å². The van der Waals surface area contributed by atoms with Crippen molar-refractivity contribution in [3.05, 3.63) is 241 Å². The van der Waals surface area contributed by atoms with Gasteiger partial charge in [0.05, 0.1) is 0 Å². The molecule has 0 N–H and O–H groups in total. The molecule has 390 valence electrons. The van der Waals surface area contributed by atoms with Crippen molar-refractivity contribution >= 4 is 189 Å². The van der Waals surface area contributed by atoms with Crippen molar-refractivity contribution in [2.24, 2.45) is 0 Å². The van der Waals surface area contributed by atoms with Crippen LogP contribution in [0.5, 0.6) is 0 Å². The first-order chi connectivity index (χ1) is 38.8. The third-order valence-electron chi connectivity index (χ3n) is 15.0. The van der Waals surface area contributed by atoms with Crippen LogP contribution >= 0.6 is 68.0 Å². The predicted molar refractivity (Wildman–Crippen MR) is 352 cm³/mol. The minimum absolute atomic E-state index is 0.0415. The fourth-order valence-electron chi connectivity index (χ4n) is 10.7. The van der Waals surface area contributed by atoms with Gasteiger partial charge in [-0.2, -0.15) is 0 Å². The Balaban J connectivity index is 0.000000113. The van der Waals surface area contributed by atoms with E-state index < -0.39 is 0 Å². The van der Waals surface area contributed by atoms with E-state index in [1.54, 1.807) is 68.0 Å². The van der Waals surface area contributed by atoms with E-state index >= 15 is 0 Å². The third kappa shape index (κ3) is 8.86. The van der Waals surface area contributed by atoms with Gasteiger partial charge in [0.2, 0.25) is 0 Å². The average molecular weight is 1150 g/mol. The number of aryl methyl sites for hydroxylation is 5. The molecular formula is C68H46O6S6. The summed E-state index contributed by atoms with van der Waals surface area (Å²) < 4.78 is 11.1. The summed E-state index contributed by atoms with van der Waals surface area (Å²) in [5, 5.41) is 8.78. The molecule has 0 saturated carbocycles. The Labute approximate surface area is 480 Å². The molecule has 15 rings (SSSR count). The van der Waals surface area contributed by atoms with Crippen molar-refractivity contribution in [1.82, 2.24) is 0 Å². The van der Waals surface area contributed by atoms with Gasteiger partial charge in [0.25, 0.3) is 0 Å². The summed E-state index contributed by atoms with van der Waals surface area (Å²) in [5.74, 6) is 0. The van der Waals surface area contributed by atoms with Crippen LogP contribution in [0.3, 0.4) is 0 Å². The number of fused-ring (bicyclic) bond motifs is 12. The number of rotatable bonds is 3. The van der Waals surface area contributed by atoms with Gasteiger partial charge in [-0.1, -0.05) is 80.4 Å². The smallest absolute Gasteiger partial charge is 0.195 e. The quantitative estimate of drug-likeness (QED) is 0.163. The molecule has 0 aliphatic carbocycles. The van der Waals surface area contributed by atoms with E-state index in [2.05, 4.69) is 39.0 Å². The van der Waals surface area contributed by atoms with Crippen molar-refractivity contribution in [3.63, 3.8) is 0 Å². The fourth-order valence-corrected chi connectivity index (χ4v) is 17.3. The topological polar surface area (TPSA) is 102 Å². The Morgan fingerprint density at radius 3 is 0.975 bits per heavy atom. The van der Waals surface area contributed by atoms with Crippen LogP contribution in [0.1, 0.15) is 48.6 Å². The minimum Gasteiger partial charge on any atom is -0.289 e. The maximum atomic E-state index is 13.2. The zero-order valence-electron chi connectivity index (χ0n) is 44.0. The van der Waals surface area contributed by atoms with Gasteiger partial charge in [0.15, 0.2) is 32.6 Å². The summed E-state index contributed by atoms with van der Waals surface area (Å²) in [6, 6.07) is 49.2. The van der Waals surface area contributed by atoms with E-state index in [1.807, 2.05) is 147 Å². The Morgan fingerprint density at radius 1 is 0.263 bits per heavy atom. The van der Waals surface area contributed by atoms with Crippen LogP contribution in [0.4, 0.5) is 0 Å². The number of hydrogen-bond acceptors (Lipinski definition) is 12. The predicted octanol–water partition coefficient (Wildman–Crippen LogP) is 17.7. The lowest BCUT2D eigenvalue weighted by Crippen LogP contribution is -2.05. The second kappa shape index (κ2) is 20.5. The van der Waals surface area contributed by atoms with Crippen molar-refractivity contribution < 1.29 is 0 Å². The molecule has 0 radical (unpaired) electrons. The molecule has 6 aromatic heterocycles. The third-order valence-corrected chi connectivity index (χ3v) is 21.9. The highest BCUT2D eigenvalue weighted by atomic mass is 32.1. The molecular weight excluding hydrogens is 1110 g/mol. The summed E-state index contributed by atoms with van der Waals surface area (Å²) >= 11 is 9.50. The molecule has 0 fully saturated rings. The highest BCUT2D eigenvalue weighted by molar-refractivity contribution is 7.27.